The Balaban J connectivity index is 2.12. The van der Waals surface area contributed by atoms with Crippen molar-refractivity contribution in [3.63, 3.8) is 0 Å². The van der Waals surface area contributed by atoms with E-state index in [0.29, 0.717) is 5.56 Å². The highest BCUT2D eigenvalue weighted by Gasteiger charge is 2.30. The van der Waals surface area contributed by atoms with Gasteiger partial charge in [0.05, 0.1) is 28.5 Å². The minimum absolute atomic E-state index is 0.0642. The smallest absolute Gasteiger partial charge is 0.416 e. The summed E-state index contributed by atoms with van der Waals surface area (Å²) in [6.07, 6.45) is -5.15. The third-order valence-corrected chi connectivity index (χ3v) is 4.76. The maximum atomic E-state index is 12.9. The van der Waals surface area contributed by atoms with Crippen LogP contribution in [0.5, 0.6) is 0 Å². The van der Waals surface area contributed by atoms with E-state index in [1.807, 2.05) is 0 Å². The SMILES string of the molecule is O=C(O)CC(Cc1cccc(C(F)(F)F)c1)NC(=O)Cc1cccc(Cl)c1Cl. The van der Waals surface area contributed by atoms with E-state index in [4.69, 9.17) is 28.3 Å². The molecule has 0 aliphatic heterocycles. The van der Waals surface area contributed by atoms with E-state index < -0.39 is 36.1 Å². The topological polar surface area (TPSA) is 66.4 Å². The molecule has 28 heavy (non-hydrogen) atoms. The van der Waals surface area contributed by atoms with Crippen LogP contribution in [0.3, 0.4) is 0 Å². The first-order valence-electron chi connectivity index (χ1n) is 8.16. The van der Waals surface area contributed by atoms with Gasteiger partial charge in [-0.05, 0) is 29.7 Å². The van der Waals surface area contributed by atoms with E-state index >= 15 is 0 Å². The van der Waals surface area contributed by atoms with Crippen LogP contribution in [0, 0.1) is 0 Å². The van der Waals surface area contributed by atoms with Crippen molar-refractivity contribution in [2.75, 3.05) is 0 Å². The van der Waals surface area contributed by atoms with E-state index in [0.717, 1.165) is 12.1 Å². The van der Waals surface area contributed by atoms with Gasteiger partial charge in [0.15, 0.2) is 0 Å². The molecule has 150 valence electrons. The number of halogens is 5. The number of hydrogen-bond donors (Lipinski definition) is 2. The fraction of sp³-hybridized carbons (Fsp3) is 0.263. The summed E-state index contributed by atoms with van der Waals surface area (Å²) in [6.45, 7) is 0. The number of nitrogens with one attached hydrogen (secondary N) is 1. The summed E-state index contributed by atoms with van der Waals surface area (Å²) in [5.74, 6) is -1.69. The van der Waals surface area contributed by atoms with Gasteiger partial charge in [-0.15, -0.1) is 0 Å². The number of alkyl halides is 3. The highest BCUT2D eigenvalue weighted by molar-refractivity contribution is 6.42. The Morgan fingerprint density at radius 3 is 2.43 bits per heavy atom. The van der Waals surface area contributed by atoms with Crippen LogP contribution in [0.2, 0.25) is 10.0 Å². The average Bonchev–Trinajstić information content (AvgIpc) is 2.58. The molecule has 0 aromatic heterocycles. The molecule has 9 heteroatoms. The molecule has 0 heterocycles. The third-order valence-electron chi connectivity index (χ3n) is 3.91. The van der Waals surface area contributed by atoms with Crippen LogP contribution in [0.15, 0.2) is 42.5 Å². The number of carbonyl (C=O) groups excluding carboxylic acids is 1. The Kier molecular flexibility index (Phi) is 7.32. The Hall–Kier alpha value is -2.25. The highest BCUT2D eigenvalue weighted by Crippen LogP contribution is 2.30. The summed E-state index contributed by atoms with van der Waals surface area (Å²) >= 11 is 11.9. The first kappa shape index (κ1) is 22.0. The zero-order valence-electron chi connectivity index (χ0n) is 14.4. The molecule has 4 nitrogen and oxygen atoms in total. The van der Waals surface area contributed by atoms with E-state index in [-0.39, 0.29) is 28.5 Å². The van der Waals surface area contributed by atoms with Gasteiger partial charge in [0.1, 0.15) is 0 Å². The maximum Gasteiger partial charge on any atom is 0.416 e. The number of benzene rings is 2. The monoisotopic (exact) mass is 433 g/mol. The molecule has 0 saturated carbocycles. The lowest BCUT2D eigenvalue weighted by Crippen LogP contribution is -2.39. The van der Waals surface area contributed by atoms with Crippen molar-refractivity contribution in [1.29, 1.82) is 0 Å². The summed E-state index contributed by atoms with van der Waals surface area (Å²) in [6, 6.07) is 8.46. The summed E-state index contributed by atoms with van der Waals surface area (Å²) in [5, 5.41) is 12.1. The predicted molar refractivity (Wildman–Crippen MR) is 99.5 cm³/mol. The molecule has 0 saturated heterocycles. The van der Waals surface area contributed by atoms with Crippen LogP contribution in [0.4, 0.5) is 13.2 Å². The predicted octanol–water partition coefficient (Wildman–Crippen LogP) is 4.76. The van der Waals surface area contributed by atoms with E-state index in [1.54, 1.807) is 18.2 Å². The summed E-state index contributed by atoms with van der Waals surface area (Å²) in [7, 11) is 0. The van der Waals surface area contributed by atoms with Crippen molar-refractivity contribution in [2.45, 2.75) is 31.5 Å². The number of hydrogen-bond acceptors (Lipinski definition) is 2. The van der Waals surface area contributed by atoms with Crippen LogP contribution in [0.1, 0.15) is 23.1 Å². The zero-order chi connectivity index (χ0) is 20.9. The standard InChI is InChI=1S/C19H16Cl2F3NO3/c20-15-6-2-4-12(18(15)21)9-16(26)25-14(10-17(27)28)8-11-3-1-5-13(7-11)19(22,23)24/h1-7,14H,8-10H2,(H,25,26)(H,27,28). The second-order valence-electron chi connectivity index (χ2n) is 6.15. The van der Waals surface area contributed by atoms with Gasteiger partial charge in [0, 0.05) is 6.04 Å². The second kappa shape index (κ2) is 9.30. The molecule has 0 fully saturated rings. The molecule has 2 N–H and O–H groups in total. The summed E-state index contributed by atoms with van der Waals surface area (Å²) in [5.41, 5.74) is -0.113. The lowest BCUT2D eigenvalue weighted by molar-refractivity contribution is -0.139. The molecule has 2 aromatic carbocycles. The van der Waals surface area contributed by atoms with Gasteiger partial charge in [-0.3, -0.25) is 9.59 Å². The van der Waals surface area contributed by atoms with Gasteiger partial charge in [-0.1, -0.05) is 53.5 Å². The number of rotatable bonds is 7. The van der Waals surface area contributed by atoms with Crippen molar-refractivity contribution in [3.8, 4) is 0 Å². The van der Waals surface area contributed by atoms with E-state index in [9.17, 15) is 22.8 Å². The van der Waals surface area contributed by atoms with Gasteiger partial charge >= 0.3 is 12.1 Å². The first-order valence-corrected chi connectivity index (χ1v) is 8.92. The number of carboxylic acids is 1. The molecule has 0 bridgehead atoms. The molecule has 0 aliphatic rings. The Morgan fingerprint density at radius 2 is 1.79 bits per heavy atom. The molecule has 2 aromatic rings. The largest absolute Gasteiger partial charge is 0.481 e. The first-order chi connectivity index (χ1) is 13.1. The molecular weight excluding hydrogens is 418 g/mol. The van der Waals surface area contributed by atoms with Crippen LogP contribution < -0.4 is 5.32 Å². The lowest BCUT2D eigenvalue weighted by atomic mass is 10.0. The normalized spacial score (nSPS) is 12.5. The van der Waals surface area contributed by atoms with Crippen LogP contribution >= 0.6 is 23.2 Å². The fourth-order valence-corrected chi connectivity index (χ4v) is 3.07. The lowest BCUT2D eigenvalue weighted by Gasteiger charge is -2.18. The van der Waals surface area contributed by atoms with Crippen molar-refractivity contribution >= 4 is 35.1 Å². The van der Waals surface area contributed by atoms with Crippen molar-refractivity contribution in [3.05, 3.63) is 69.2 Å². The third kappa shape index (κ3) is 6.42. The molecular formula is C19H16Cl2F3NO3. The van der Waals surface area contributed by atoms with E-state index in [2.05, 4.69) is 5.32 Å². The Labute approximate surface area is 169 Å². The fourth-order valence-electron chi connectivity index (χ4n) is 2.68. The van der Waals surface area contributed by atoms with Crippen molar-refractivity contribution in [2.24, 2.45) is 0 Å². The van der Waals surface area contributed by atoms with Crippen LogP contribution in [-0.2, 0) is 28.6 Å². The molecule has 0 radical (unpaired) electrons. The second-order valence-corrected chi connectivity index (χ2v) is 6.94. The van der Waals surface area contributed by atoms with Crippen LogP contribution in [0.25, 0.3) is 0 Å². The van der Waals surface area contributed by atoms with Gasteiger partial charge in [-0.2, -0.15) is 13.2 Å². The van der Waals surface area contributed by atoms with E-state index in [1.165, 1.54) is 12.1 Å². The Morgan fingerprint density at radius 1 is 1.11 bits per heavy atom. The molecule has 0 aliphatic carbocycles. The van der Waals surface area contributed by atoms with Gasteiger partial charge in [0.25, 0.3) is 0 Å². The minimum atomic E-state index is -4.51. The highest BCUT2D eigenvalue weighted by atomic mass is 35.5. The zero-order valence-corrected chi connectivity index (χ0v) is 15.9. The molecule has 1 amide bonds. The Bertz CT molecular complexity index is 872. The minimum Gasteiger partial charge on any atom is -0.481 e. The summed E-state index contributed by atoms with van der Waals surface area (Å²) < 4.78 is 38.6. The number of amides is 1. The van der Waals surface area contributed by atoms with Gasteiger partial charge in [-0.25, -0.2) is 0 Å². The van der Waals surface area contributed by atoms with Gasteiger partial charge < -0.3 is 10.4 Å². The summed E-state index contributed by atoms with van der Waals surface area (Å²) in [4.78, 5) is 23.4. The van der Waals surface area contributed by atoms with Crippen LogP contribution in [-0.4, -0.2) is 23.0 Å². The molecule has 1 atom stereocenters. The molecule has 2 rings (SSSR count). The quantitative estimate of drug-likeness (QED) is 0.661. The van der Waals surface area contributed by atoms with Gasteiger partial charge in [0.2, 0.25) is 5.91 Å². The maximum absolute atomic E-state index is 12.9. The average molecular weight is 434 g/mol. The molecule has 1 unspecified atom stereocenters. The molecule has 0 spiro atoms. The van der Waals surface area contributed by atoms with Crippen molar-refractivity contribution in [1.82, 2.24) is 5.32 Å². The van der Waals surface area contributed by atoms with Crippen molar-refractivity contribution < 1.29 is 27.9 Å². The number of carboxylic acid groups (broad SMARTS) is 1. The number of aliphatic carboxylic acids is 1. The number of carbonyl (C=O) groups is 2.